The Morgan fingerprint density at radius 3 is 2.75 bits per heavy atom. The van der Waals surface area contributed by atoms with Gasteiger partial charge in [-0.2, -0.15) is 0 Å². The highest BCUT2D eigenvalue weighted by molar-refractivity contribution is 5.81. The molecule has 0 saturated heterocycles. The zero-order valence-corrected chi connectivity index (χ0v) is 13.0. The maximum absolute atomic E-state index is 12.0. The van der Waals surface area contributed by atoms with Gasteiger partial charge in [0.2, 0.25) is 5.91 Å². The lowest BCUT2D eigenvalue weighted by Gasteiger charge is -2.38. The second-order valence-electron chi connectivity index (χ2n) is 6.02. The van der Waals surface area contributed by atoms with Gasteiger partial charge in [-0.05, 0) is 45.1 Å². The molecule has 0 radical (unpaired) electrons. The first-order valence-electron chi connectivity index (χ1n) is 7.58. The van der Waals surface area contributed by atoms with Crippen molar-refractivity contribution in [3.8, 4) is 0 Å². The van der Waals surface area contributed by atoms with Crippen molar-refractivity contribution < 1.29 is 4.79 Å². The average Bonchev–Trinajstić information content (AvgIpc) is 2.40. The zero-order chi connectivity index (χ0) is 14.7. The SMILES string of the molecule is CCN(C)C(=O)C(C)NC1CC(c2cccc(C)c2)C1. The number of aryl methyl sites for hydroxylation is 1. The van der Waals surface area contributed by atoms with E-state index in [4.69, 9.17) is 0 Å². The van der Waals surface area contributed by atoms with Crippen molar-refractivity contribution in [1.29, 1.82) is 0 Å². The molecular formula is C17H26N2O. The van der Waals surface area contributed by atoms with Crippen LogP contribution in [0.4, 0.5) is 0 Å². The van der Waals surface area contributed by atoms with Crippen LogP contribution in [0.15, 0.2) is 24.3 Å². The highest BCUT2D eigenvalue weighted by Gasteiger charge is 2.32. The number of hydrogen-bond acceptors (Lipinski definition) is 2. The van der Waals surface area contributed by atoms with Gasteiger partial charge < -0.3 is 10.2 Å². The summed E-state index contributed by atoms with van der Waals surface area (Å²) in [4.78, 5) is 13.8. The van der Waals surface area contributed by atoms with E-state index in [1.54, 1.807) is 4.90 Å². The second-order valence-corrected chi connectivity index (χ2v) is 6.02. The fourth-order valence-electron chi connectivity index (χ4n) is 2.86. The average molecular weight is 274 g/mol. The number of amides is 1. The van der Waals surface area contributed by atoms with Crippen LogP contribution in [-0.4, -0.2) is 36.5 Å². The van der Waals surface area contributed by atoms with Crippen molar-refractivity contribution in [2.45, 2.75) is 51.6 Å². The molecule has 1 amide bonds. The molecule has 20 heavy (non-hydrogen) atoms. The molecule has 3 nitrogen and oxygen atoms in total. The van der Waals surface area contributed by atoms with E-state index >= 15 is 0 Å². The molecule has 1 aliphatic carbocycles. The van der Waals surface area contributed by atoms with Gasteiger partial charge in [0, 0.05) is 19.6 Å². The molecule has 1 N–H and O–H groups in total. The van der Waals surface area contributed by atoms with Gasteiger partial charge in [0.15, 0.2) is 0 Å². The van der Waals surface area contributed by atoms with E-state index in [0.29, 0.717) is 12.0 Å². The summed E-state index contributed by atoms with van der Waals surface area (Å²) in [7, 11) is 1.86. The molecule has 0 bridgehead atoms. The number of carbonyl (C=O) groups excluding carboxylic acids is 1. The van der Waals surface area contributed by atoms with Gasteiger partial charge >= 0.3 is 0 Å². The molecular weight excluding hydrogens is 248 g/mol. The smallest absolute Gasteiger partial charge is 0.239 e. The molecule has 0 aromatic heterocycles. The molecule has 1 saturated carbocycles. The molecule has 0 aliphatic heterocycles. The molecule has 2 rings (SSSR count). The summed E-state index contributed by atoms with van der Waals surface area (Å²) in [6.45, 7) is 6.87. The van der Waals surface area contributed by atoms with Gasteiger partial charge in [0.05, 0.1) is 6.04 Å². The topological polar surface area (TPSA) is 32.3 Å². The maximum Gasteiger partial charge on any atom is 0.239 e. The molecule has 1 aromatic rings. The van der Waals surface area contributed by atoms with E-state index in [2.05, 4.69) is 36.5 Å². The predicted molar refractivity (Wildman–Crippen MR) is 82.9 cm³/mol. The van der Waals surface area contributed by atoms with Crippen LogP contribution in [0.2, 0.25) is 0 Å². The number of nitrogens with one attached hydrogen (secondary N) is 1. The second kappa shape index (κ2) is 6.40. The Labute approximate surface area is 122 Å². The third-order valence-electron chi connectivity index (χ3n) is 4.36. The Morgan fingerprint density at radius 1 is 1.45 bits per heavy atom. The number of carbonyl (C=O) groups is 1. The van der Waals surface area contributed by atoms with Gasteiger partial charge in [-0.3, -0.25) is 4.79 Å². The van der Waals surface area contributed by atoms with Crippen LogP contribution in [0.5, 0.6) is 0 Å². The fraction of sp³-hybridized carbons (Fsp3) is 0.588. The summed E-state index contributed by atoms with van der Waals surface area (Å²) in [6.07, 6.45) is 2.27. The number of benzene rings is 1. The Kier molecular flexibility index (Phi) is 4.81. The highest BCUT2D eigenvalue weighted by Crippen LogP contribution is 2.37. The maximum atomic E-state index is 12.0. The molecule has 1 fully saturated rings. The lowest BCUT2D eigenvalue weighted by atomic mass is 9.75. The lowest BCUT2D eigenvalue weighted by Crippen LogP contribution is -2.50. The standard InChI is InChI=1S/C17H26N2O/c1-5-19(4)17(20)13(3)18-16-10-15(11-16)14-8-6-7-12(2)9-14/h6-9,13,15-16,18H,5,10-11H2,1-4H3. The van der Waals surface area contributed by atoms with Gasteiger partial charge in [-0.15, -0.1) is 0 Å². The van der Waals surface area contributed by atoms with E-state index in [9.17, 15) is 4.79 Å². The zero-order valence-electron chi connectivity index (χ0n) is 13.0. The van der Waals surface area contributed by atoms with Crippen molar-refractivity contribution in [3.05, 3.63) is 35.4 Å². The summed E-state index contributed by atoms with van der Waals surface area (Å²) >= 11 is 0. The quantitative estimate of drug-likeness (QED) is 0.895. The first kappa shape index (κ1) is 15.0. The van der Waals surface area contributed by atoms with Gasteiger partial charge in [0.25, 0.3) is 0 Å². The number of likely N-dealkylation sites (N-methyl/N-ethyl adjacent to an activating group) is 1. The Bertz CT molecular complexity index is 466. The summed E-state index contributed by atoms with van der Waals surface area (Å²) < 4.78 is 0. The summed E-state index contributed by atoms with van der Waals surface area (Å²) in [5.41, 5.74) is 2.76. The van der Waals surface area contributed by atoms with E-state index < -0.39 is 0 Å². The van der Waals surface area contributed by atoms with Crippen LogP contribution >= 0.6 is 0 Å². The minimum atomic E-state index is -0.0802. The molecule has 1 unspecified atom stereocenters. The molecule has 110 valence electrons. The fourth-order valence-corrected chi connectivity index (χ4v) is 2.86. The van der Waals surface area contributed by atoms with E-state index in [1.165, 1.54) is 11.1 Å². The molecule has 3 heteroatoms. The number of rotatable bonds is 5. The monoisotopic (exact) mass is 274 g/mol. The van der Waals surface area contributed by atoms with Crippen LogP contribution in [0.1, 0.15) is 43.7 Å². The third-order valence-corrected chi connectivity index (χ3v) is 4.36. The van der Waals surface area contributed by atoms with Crippen molar-refractivity contribution in [1.82, 2.24) is 10.2 Å². The normalized spacial score (nSPS) is 23.0. The first-order valence-corrected chi connectivity index (χ1v) is 7.58. The third kappa shape index (κ3) is 3.40. The van der Waals surface area contributed by atoms with E-state index in [1.807, 2.05) is 20.9 Å². The van der Waals surface area contributed by atoms with Crippen LogP contribution in [0.3, 0.4) is 0 Å². The summed E-state index contributed by atoms with van der Waals surface area (Å²) in [6, 6.07) is 9.16. The largest absolute Gasteiger partial charge is 0.345 e. The van der Waals surface area contributed by atoms with Gasteiger partial charge in [0.1, 0.15) is 0 Å². The molecule has 1 atom stereocenters. The Balaban J connectivity index is 1.81. The minimum absolute atomic E-state index is 0.0802. The van der Waals surface area contributed by atoms with Crippen LogP contribution < -0.4 is 5.32 Å². The van der Waals surface area contributed by atoms with Crippen molar-refractivity contribution in [2.24, 2.45) is 0 Å². The van der Waals surface area contributed by atoms with Crippen molar-refractivity contribution >= 4 is 5.91 Å². The van der Waals surface area contributed by atoms with Gasteiger partial charge in [-0.1, -0.05) is 29.8 Å². The van der Waals surface area contributed by atoms with Crippen molar-refractivity contribution in [2.75, 3.05) is 13.6 Å². The van der Waals surface area contributed by atoms with E-state index in [0.717, 1.165) is 19.4 Å². The minimum Gasteiger partial charge on any atom is -0.345 e. The van der Waals surface area contributed by atoms with Crippen LogP contribution in [0, 0.1) is 6.92 Å². The van der Waals surface area contributed by atoms with Crippen LogP contribution in [-0.2, 0) is 4.79 Å². The predicted octanol–water partition coefficient (Wildman–Crippen LogP) is 2.70. The number of nitrogens with zero attached hydrogens (tertiary/aromatic N) is 1. The molecule has 1 aromatic carbocycles. The lowest BCUT2D eigenvalue weighted by molar-refractivity contribution is -0.131. The molecule has 0 spiro atoms. The Hall–Kier alpha value is -1.35. The summed E-state index contributed by atoms with van der Waals surface area (Å²) in [5.74, 6) is 0.838. The number of hydrogen-bond donors (Lipinski definition) is 1. The van der Waals surface area contributed by atoms with E-state index in [-0.39, 0.29) is 11.9 Å². The molecule has 1 aliphatic rings. The van der Waals surface area contributed by atoms with Gasteiger partial charge in [-0.25, -0.2) is 0 Å². The Morgan fingerprint density at radius 2 is 2.15 bits per heavy atom. The summed E-state index contributed by atoms with van der Waals surface area (Å²) in [5, 5.41) is 3.45. The molecule has 0 heterocycles. The first-order chi connectivity index (χ1) is 9.51. The van der Waals surface area contributed by atoms with Crippen LogP contribution in [0.25, 0.3) is 0 Å². The van der Waals surface area contributed by atoms with Crippen molar-refractivity contribution in [3.63, 3.8) is 0 Å². The highest BCUT2D eigenvalue weighted by atomic mass is 16.2.